The molecule has 0 heterocycles. The van der Waals surface area contributed by atoms with Crippen LogP contribution < -0.4 is 5.30 Å². The minimum absolute atomic E-state index is 1.06. The zero-order valence-corrected chi connectivity index (χ0v) is 19.2. The second kappa shape index (κ2) is 7.96. The second-order valence-electron chi connectivity index (χ2n) is 7.48. The molecule has 0 fully saturated rings. The van der Waals surface area contributed by atoms with E-state index < -0.39 is 6.63 Å². The van der Waals surface area contributed by atoms with Gasteiger partial charge in [-0.3, -0.25) is 0 Å². The molecule has 0 aliphatic carbocycles. The van der Waals surface area contributed by atoms with E-state index in [2.05, 4.69) is 84.0 Å². The number of hydrogen-bond acceptors (Lipinski definition) is 0. The van der Waals surface area contributed by atoms with Crippen LogP contribution in [0.2, 0.25) is 0 Å². The number of halogens is 2. The molecule has 0 amide bonds. The molecule has 0 unspecified atom stereocenters. The Bertz CT molecular complexity index is 897. The van der Waals surface area contributed by atoms with E-state index in [0.717, 1.165) is 16.4 Å². The summed E-state index contributed by atoms with van der Waals surface area (Å²) in [5, 5.41) is 1.06. The lowest BCUT2D eigenvalue weighted by molar-refractivity contribution is 1.32. The molecule has 0 N–H and O–H groups in total. The first-order chi connectivity index (χ1) is 12.7. The Hall–Kier alpha value is -1.33. The van der Waals surface area contributed by atoms with Gasteiger partial charge >= 0.3 is 0 Å². The summed E-state index contributed by atoms with van der Waals surface area (Å²) in [6.07, 6.45) is 0. The summed E-state index contributed by atoms with van der Waals surface area (Å²) in [6, 6.07) is 15.3. The number of aryl methyl sites for hydroxylation is 6. The maximum absolute atomic E-state index is 6.62. The van der Waals surface area contributed by atoms with Gasteiger partial charge in [-0.1, -0.05) is 76.1 Å². The molecule has 0 bridgehead atoms. The molecular formula is C24H25Cl2P. The third-order valence-electron chi connectivity index (χ3n) is 5.10. The molecule has 0 radical (unpaired) electrons. The Kier molecular flexibility index (Phi) is 6.02. The summed E-state index contributed by atoms with van der Waals surface area (Å²) >= 11 is 13.2. The van der Waals surface area contributed by atoms with Crippen LogP contribution in [0.5, 0.6) is 0 Å². The maximum atomic E-state index is 6.62. The van der Waals surface area contributed by atoms with E-state index >= 15 is 0 Å². The first-order valence-corrected chi connectivity index (χ1v) is 12.3. The van der Waals surface area contributed by atoms with Gasteiger partial charge in [-0.25, -0.2) is 0 Å². The van der Waals surface area contributed by atoms with E-state index in [1.165, 1.54) is 44.5 Å². The predicted octanol–water partition coefficient (Wildman–Crippen LogP) is 8.29. The zero-order chi connectivity index (χ0) is 19.9. The Labute approximate surface area is 173 Å². The SMILES string of the molecule is Cc1cc(C)c(-c2cccc(-c3c(C)cc(C)cc3C)c2P(Cl)Cl)c(C)c1. The molecule has 0 spiro atoms. The van der Waals surface area contributed by atoms with E-state index in [1.54, 1.807) is 0 Å². The second-order valence-corrected chi connectivity index (χ2v) is 10.9. The van der Waals surface area contributed by atoms with Crippen LogP contribution in [-0.4, -0.2) is 0 Å². The maximum Gasteiger partial charge on any atom is 0.118 e. The van der Waals surface area contributed by atoms with Crippen molar-refractivity contribution in [3.05, 3.63) is 75.8 Å². The fourth-order valence-corrected chi connectivity index (χ4v) is 6.17. The molecule has 0 aliphatic heterocycles. The molecule has 0 saturated heterocycles. The van der Waals surface area contributed by atoms with Crippen molar-refractivity contribution >= 4 is 34.4 Å². The third-order valence-corrected chi connectivity index (χ3v) is 6.93. The van der Waals surface area contributed by atoms with Crippen LogP contribution in [0.4, 0.5) is 0 Å². The summed E-state index contributed by atoms with van der Waals surface area (Å²) in [6.45, 7) is 11.6. The van der Waals surface area contributed by atoms with Crippen molar-refractivity contribution in [3.63, 3.8) is 0 Å². The molecule has 0 aromatic heterocycles. The van der Waals surface area contributed by atoms with Crippen molar-refractivity contribution in [2.45, 2.75) is 41.5 Å². The molecule has 0 aliphatic rings. The van der Waals surface area contributed by atoms with Crippen molar-refractivity contribution < 1.29 is 0 Å². The van der Waals surface area contributed by atoms with Crippen molar-refractivity contribution in [1.29, 1.82) is 0 Å². The average Bonchev–Trinajstić information content (AvgIpc) is 2.52. The number of rotatable bonds is 3. The fourth-order valence-electron chi connectivity index (χ4n) is 4.34. The Morgan fingerprint density at radius 3 is 1.22 bits per heavy atom. The average molecular weight is 415 g/mol. The standard InChI is InChI=1S/C24H25Cl2P/c1-14-10-16(3)22(17(4)11-14)20-8-7-9-21(24(20)27(25)26)23-18(5)12-15(2)13-19(23)6/h7-13H,1-6H3. The van der Waals surface area contributed by atoms with Gasteiger partial charge < -0.3 is 0 Å². The molecular weight excluding hydrogens is 390 g/mol. The van der Waals surface area contributed by atoms with Crippen LogP contribution in [0.3, 0.4) is 0 Å². The van der Waals surface area contributed by atoms with Gasteiger partial charge in [-0.2, -0.15) is 0 Å². The normalized spacial score (nSPS) is 11.3. The van der Waals surface area contributed by atoms with Gasteiger partial charge in [0.15, 0.2) is 0 Å². The Morgan fingerprint density at radius 1 is 0.593 bits per heavy atom. The Balaban J connectivity index is 2.37. The third kappa shape index (κ3) is 3.95. The zero-order valence-electron chi connectivity index (χ0n) is 16.7. The minimum atomic E-state index is -1.30. The lowest BCUT2D eigenvalue weighted by atomic mass is 9.89. The highest BCUT2D eigenvalue weighted by Gasteiger charge is 2.22. The largest absolute Gasteiger partial charge is 0.118 e. The first kappa shape index (κ1) is 20.4. The van der Waals surface area contributed by atoms with Crippen LogP contribution in [-0.2, 0) is 0 Å². The topological polar surface area (TPSA) is 0 Å². The van der Waals surface area contributed by atoms with Crippen LogP contribution in [0.1, 0.15) is 33.4 Å². The highest BCUT2D eigenvalue weighted by Crippen LogP contribution is 2.51. The molecule has 0 saturated carbocycles. The van der Waals surface area contributed by atoms with Gasteiger partial charge in [0, 0.05) is 5.30 Å². The van der Waals surface area contributed by atoms with Gasteiger partial charge in [0.2, 0.25) is 0 Å². The van der Waals surface area contributed by atoms with Crippen LogP contribution in [0, 0.1) is 41.5 Å². The Morgan fingerprint density at radius 2 is 0.926 bits per heavy atom. The smallest absolute Gasteiger partial charge is 0.0727 e. The molecule has 0 atom stereocenters. The van der Waals surface area contributed by atoms with Gasteiger partial charge in [0.25, 0.3) is 0 Å². The summed E-state index contributed by atoms with van der Waals surface area (Å²) in [5.74, 6) is 0. The molecule has 3 aromatic carbocycles. The summed E-state index contributed by atoms with van der Waals surface area (Å²) < 4.78 is 0. The molecule has 3 aromatic rings. The summed E-state index contributed by atoms with van der Waals surface area (Å²) in [5.41, 5.74) is 12.4. The van der Waals surface area contributed by atoms with E-state index in [4.69, 9.17) is 22.5 Å². The van der Waals surface area contributed by atoms with E-state index in [0.29, 0.717) is 0 Å². The van der Waals surface area contributed by atoms with E-state index in [-0.39, 0.29) is 0 Å². The lowest BCUT2D eigenvalue weighted by Gasteiger charge is -2.21. The van der Waals surface area contributed by atoms with Crippen LogP contribution in [0.25, 0.3) is 22.3 Å². The van der Waals surface area contributed by atoms with Crippen molar-refractivity contribution in [2.75, 3.05) is 0 Å². The van der Waals surface area contributed by atoms with Crippen LogP contribution >= 0.6 is 29.1 Å². The monoisotopic (exact) mass is 414 g/mol. The van der Waals surface area contributed by atoms with Crippen molar-refractivity contribution in [2.24, 2.45) is 0 Å². The lowest BCUT2D eigenvalue weighted by Crippen LogP contribution is -2.09. The molecule has 3 rings (SSSR count). The van der Waals surface area contributed by atoms with Gasteiger partial charge in [-0.05, 0) is 86.1 Å². The quantitative estimate of drug-likeness (QED) is 0.378. The van der Waals surface area contributed by atoms with Crippen molar-refractivity contribution in [3.8, 4) is 22.3 Å². The first-order valence-electron chi connectivity index (χ1n) is 9.12. The molecule has 0 nitrogen and oxygen atoms in total. The molecule has 27 heavy (non-hydrogen) atoms. The highest BCUT2D eigenvalue weighted by atomic mass is 35.9. The summed E-state index contributed by atoms with van der Waals surface area (Å²) in [4.78, 5) is 0. The van der Waals surface area contributed by atoms with Crippen LogP contribution in [0.15, 0.2) is 42.5 Å². The van der Waals surface area contributed by atoms with E-state index in [9.17, 15) is 0 Å². The van der Waals surface area contributed by atoms with Gasteiger partial charge in [0.1, 0.15) is 6.63 Å². The number of hydrogen-bond donors (Lipinski definition) is 0. The molecule has 140 valence electrons. The highest BCUT2D eigenvalue weighted by molar-refractivity contribution is 8.09. The van der Waals surface area contributed by atoms with Gasteiger partial charge in [0.05, 0.1) is 0 Å². The fraction of sp³-hybridized carbons (Fsp3) is 0.250. The predicted molar refractivity (Wildman–Crippen MR) is 124 cm³/mol. The van der Waals surface area contributed by atoms with Crippen molar-refractivity contribution in [1.82, 2.24) is 0 Å². The number of benzene rings is 3. The molecule has 3 heteroatoms. The minimum Gasteiger partial charge on any atom is -0.0727 e. The summed E-state index contributed by atoms with van der Waals surface area (Å²) in [7, 11) is 0. The van der Waals surface area contributed by atoms with Gasteiger partial charge in [-0.15, -0.1) is 0 Å². The van der Waals surface area contributed by atoms with E-state index in [1.807, 2.05) is 0 Å².